The van der Waals surface area contributed by atoms with Gasteiger partial charge in [0.05, 0.1) is 0 Å². The number of aryl methyl sites for hydroxylation is 2. The maximum atomic E-state index is 12.3. The molecule has 0 aromatic heterocycles. The van der Waals surface area contributed by atoms with Gasteiger partial charge in [-0.2, -0.15) is 0 Å². The topological polar surface area (TPSA) is 38.3 Å². The predicted molar refractivity (Wildman–Crippen MR) is 88.2 cm³/mol. The molecular weight excluding hydrogens is 274 g/mol. The lowest BCUT2D eigenvalue weighted by atomic mass is 9.92. The average Bonchev–Trinajstić information content (AvgIpc) is 2.55. The molecule has 22 heavy (non-hydrogen) atoms. The van der Waals surface area contributed by atoms with Gasteiger partial charge in [-0.15, -0.1) is 0 Å². The van der Waals surface area contributed by atoms with Crippen molar-refractivity contribution < 1.29 is 9.53 Å². The van der Waals surface area contributed by atoms with Crippen molar-refractivity contribution in [2.75, 3.05) is 0 Å². The summed E-state index contributed by atoms with van der Waals surface area (Å²) in [6.45, 7) is 1.84. The first-order chi connectivity index (χ1) is 10.7. The fraction of sp³-hybridized carbons (Fsp3) is 0.632. The normalized spacial score (nSPS) is 20.0. The molecule has 1 fully saturated rings. The number of carbonyl (C=O) groups is 1. The van der Waals surface area contributed by atoms with E-state index in [1.54, 1.807) is 0 Å². The SMILES string of the molecule is CC(Oc1ccc2c(c1)CCCC2)C(=O)NC1CCCCC1. The molecular formula is C19H27NO2. The van der Waals surface area contributed by atoms with Crippen molar-refractivity contribution in [2.45, 2.75) is 76.9 Å². The largest absolute Gasteiger partial charge is 0.481 e. The van der Waals surface area contributed by atoms with Crippen LogP contribution in [-0.4, -0.2) is 18.1 Å². The van der Waals surface area contributed by atoms with Gasteiger partial charge in [0.1, 0.15) is 5.75 Å². The summed E-state index contributed by atoms with van der Waals surface area (Å²) < 4.78 is 5.87. The third-order valence-corrected chi connectivity index (χ3v) is 4.95. The van der Waals surface area contributed by atoms with Gasteiger partial charge >= 0.3 is 0 Å². The number of benzene rings is 1. The zero-order valence-corrected chi connectivity index (χ0v) is 13.6. The van der Waals surface area contributed by atoms with Gasteiger partial charge in [-0.3, -0.25) is 4.79 Å². The summed E-state index contributed by atoms with van der Waals surface area (Å²) in [7, 11) is 0. The first kappa shape index (κ1) is 15.4. The van der Waals surface area contributed by atoms with E-state index in [-0.39, 0.29) is 5.91 Å². The van der Waals surface area contributed by atoms with Gasteiger partial charge in [0.25, 0.3) is 5.91 Å². The second-order valence-corrected chi connectivity index (χ2v) is 6.74. The van der Waals surface area contributed by atoms with Crippen LogP contribution in [0.1, 0.15) is 63.0 Å². The maximum Gasteiger partial charge on any atom is 0.260 e. The van der Waals surface area contributed by atoms with Crippen molar-refractivity contribution in [3.63, 3.8) is 0 Å². The molecule has 0 aliphatic heterocycles. The van der Waals surface area contributed by atoms with Gasteiger partial charge in [-0.1, -0.05) is 25.3 Å². The highest BCUT2D eigenvalue weighted by Gasteiger charge is 2.21. The lowest BCUT2D eigenvalue weighted by Crippen LogP contribution is -2.43. The average molecular weight is 301 g/mol. The number of ether oxygens (including phenoxy) is 1. The highest BCUT2D eigenvalue weighted by Crippen LogP contribution is 2.26. The number of carbonyl (C=O) groups excluding carboxylic acids is 1. The Hall–Kier alpha value is -1.51. The van der Waals surface area contributed by atoms with E-state index in [1.165, 1.54) is 49.7 Å². The molecule has 1 aromatic carbocycles. The van der Waals surface area contributed by atoms with Gasteiger partial charge in [0.15, 0.2) is 6.10 Å². The van der Waals surface area contributed by atoms with E-state index in [4.69, 9.17) is 4.74 Å². The molecule has 3 nitrogen and oxygen atoms in total. The van der Waals surface area contributed by atoms with E-state index in [9.17, 15) is 4.79 Å². The Labute approximate surface area is 133 Å². The molecule has 0 radical (unpaired) electrons. The number of rotatable bonds is 4. The van der Waals surface area contributed by atoms with E-state index in [0.717, 1.165) is 25.0 Å². The molecule has 1 aromatic rings. The highest BCUT2D eigenvalue weighted by molar-refractivity contribution is 5.81. The minimum absolute atomic E-state index is 0.0182. The third kappa shape index (κ3) is 3.82. The lowest BCUT2D eigenvalue weighted by molar-refractivity contribution is -0.128. The van der Waals surface area contributed by atoms with Gasteiger partial charge in [-0.25, -0.2) is 0 Å². The van der Waals surface area contributed by atoms with E-state index >= 15 is 0 Å². The second kappa shape index (κ2) is 7.17. The molecule has 0 spiro atoms. The smallest absolute Gasteiger partial charge is 0.260 e. The van der Waals surface area contributed by atoms with Crippen LogP contribution in [0.25, 0.3) is 0 Å². The van der Waals surface area contributed by atoms with E-state index in [0.29, 0.717) is 6.04 Å². The Kier molecular flexibility index (Phi) is 5.01. The molecule has 1 amide bonds. The standard InChI is InChI=1S/C19H27NO2/c1-14(19(21)20-17-9-3-2-4-10-17)22-18-12-11-15-7-5-6-8-16(15)13-18/h11-14,17H,2-10H2,1H3,(H,20,21). The third-order valence-electron chi connectivity index (χ3n) is 4.95. The van der Waals surface area contributed by atoms with Gasteiger partial charge in [0, 0.05) is 6.04 Å². The van der Waals surface area contributed by atoms with Crippen LogP contribution in [0.5, 0.6) is 5.75 Å². The molecule has 1 saturated carbocycles. The molecule has 1 N–H and O–H groups in total. The predicted octanol–water partition coefficient (Wildman–Crippen LogP) is 3.78. The highest BCUT2D eigenvalue weighted by atomic mass is 16.5. The van der Waals surface area contributed by atoms with Crippen LogP contribution in [0, 0.1) is 0 Å². The van der Waals surface area contributed by atoms with Crippen LogP contribution in [0.3, 0.4) is 0 Å². The minimum atomic E-state index is -0.427. The molecule has 3 heteroatoms. The van der Waals surface area contributed by atoms with E-state index in [1.807, 2.05) is 13.0 Å². The van der Waals surface area contributed by atoms with Crippen molar-refractivity contribution in [3.8, 4) is 5.75 Å². The van der Waals surface area contributed by atoms with Gasteiger partial charge in [0.2, 0.25) is 0 Å². The molecule has 0 saturated heterocycles. The summed E-state index contributed by atoms with van der Waals surface area (Å²) in [5.74, 6) is 0.844. The number of hydrogen-bond donors (Lipinski definition) is 1. The fourth-order valence-electron chi connectivity index (χ4n) is 3.61. The quantitative estimate of drug-likeness (QED) is 0.919. The van der Waals surface area contributed by atoms with Gasteiger partial charge < -0.3 is 10.1 Å². The summed E-state index contributed by atoms with van der Waals surface area (Å²) in [5, 5.41) is 3.14. The molecule has 2 aliphatic rings. The zero-order chi connectivity index (χ0) is 15.4. The Morgan fingerprint density at radius 1 is 1.09 bits per heavy atom. The summed E-state index contributed by atoms with van der Waals surface area (Å²) >= 11 is 0. The van der Waals surface area contributed by atoms with Crippen molar-refractivity contribution in [1.29, 1.82) is 0 Å². The van der Waals surface area contributed by atoms with Crippen LogP contribution in [0.15, 0.2) is 18.2 Å². The molecule has 0 bridgehead atoms. The fourth-order valence-corrected chi connectivity index (χ4v) is 3.61. The van der Waals surface area contributed by atoms with Crippen LogP contribution in [0.2, 0.25) is 0 Å². The van der Waals surface area contributed by atoms with Crippen LogP contribution < -0.4 is 10.1 Å². The summed E-state index contributed by atoms with van der Waals surface area (Å²) in [4.78, 5) is 12.3. The minimum Gasteiger partial charge on any atom is -0.481 e. The van der Waals surface area contributed by atoms with Crippen molar-refractivity contribution >= 4 is 5.91 Å². The molecule has 120 valence electrons. The number of amides is 1. The summed E-state index contributed by atoms with van der Waals surface area (Å²) in [5.41, 5.74) is 2.83. The Morgan fingerprint density at radius 3 is 2.59 bits per heavy atom. The maximum absolute atomic E-state index is 12.3. The first-order valence-corrected chi connectivity index (χ1v) is 8.81. The molecule has 2 aliphatic carbocycles. The molecule has 3 rings (SSSR count). The monoisotopic (exact) mass is 301 g/mol. The lowest BCUT2D eigenvalue weighted by Gasteiger charge is -2.25. The first-order valence-electron chi connectivity index (χ1n) is 8.81. The van der Waals surface area contributed by atoms with Crippen LogP contribution >= 0.6 is 0 Å². The van der Waals surface area contributed by atoms with Crippen molar-refractivity contribution in [1.82, 2.24) is 5.32 Å². The molecule has 1 atom stereocenters. The van der Waals surface area contributed by atoms with Crippen LogP contribution in [0.4, 0.5) is 0 Å². The number of nitrogens with one attached hydrogen (secondary N) is 1. The summed E-state index contributed by atoms with van der Waals surface area (Å²) in [6, 6.07) is 6.64. The van der Waals surface area contributed by atoms with Crippen molar-refractivity contribution in [2.24, 2.45) is 0 Å². The van der Waals surface area contributed by atoms with Crippen molar-refractivity contribution in [3.05, 3.63) is 29.3 Å². The van der Waals surface area contributed by atoms with E-state index < -0.39 is 6.10 Å². The van der Waals surface area contributed by atoms with E-state index in [2.05, 4.69) is 17.4 Å². The second-order valence-electron chi connectivity index (χ2n) is 6.74. The Bertz CT molecular complexity index is 520. The van der Waals surface area contributed by atoms with Gasteiger partial charge in [-0.05, 0) is 68.7 Å². The number of hydrogen-bond acceptors (Lipinski definition) is 2. The Morgan fingerprint density at radius 2 is 1.82 bits per heavy atom. The Balaban J connectivity index is 1.56. The van der Waals surface area contributed by atoms with Crippen LogP contribution in [-0.2, 0) is 17.6 Å². The zero-order valence-electron chi connectivity index (χ0n) is 13.6. The molecule has 1 unspecified atom stereocenters. The molecule has 0 heterocycles. The summed E-state index contributed by atoms with van der Waals surface area (Å²) in [6.07, 6.45) is 10.4. The number of fused-ring (bicyclic) bond motifs is 1.